The molecule has 3 atom stereocenters. The van der Waals surface area contributed by atoms with Crippen molar-refractivity contribution < 1.29 is 24.1 Å². The highest BCUT2D eigenvalue weighted by Gasteiger charge is 2.33. The topological polar surface area (TPSA) is 74.7 Å². The van der Waals surface area contributed by atoms with Crippen LogP contribution in [0.4, 0.5) is 5.69 Å². The van der Waals surface area contributed by atoms with Crippen LogP contribution < -0.4 is 19.1 Å². The zero-order chi connectivity index (χ0) is 24.4. The molecule has 0 aliphatic carbocycles. The minimum absolute atomic E-state index is 0.0684. The summed E-state index contributed by atoms with van der Waals surface area (Å²) in [5.74, 6) is 2.09. The minimum Gasteiger partial charge on any atom is -0.488 e. The molecule has 0 aromatic heterocycles. The lowest BCUT2D eigenvalue weighted by Gasteiger charge is -2.38. The maximum absolute atomic E-state index is 13.5. The number of fused-ring (bicyclic) bond motifs is 2. The Balaban J connectivity index is 1.57. The van der Waals surface area contributed by atoms with Crippen LogP contribution in [0.1, 0.15) is 29.8 Å². The van der Waals surface area contributed by atoms with Crippen LogP contribution in [0.25, 0.3) is 0 Å². The zero-order valence-corrected chi connectivity index (χ0v) is 20.7. The van der Waals surface area contributed by atoms with Gasteiger partial charge in [-0.3, -0.25) is 9.69 Å². The molecule has 34 heavy (non-hydrogen) atoms. The molecule has 0 saturated heterocycles. The van der Waals surface area contributed by atoms with Gasteiger partial charge in [0.05, 0.1) is 18.2 Å². The van der Waals surface area contributed by atoms with Gasteiger partial charge in [0.25, 0.3) is 5.91 Å². The Morgan fingerprint density at radius 2 is 1.82 bits per heavy atom. The number of aliphatic hydroxyl groups excluding tert-OH is 1. The molecule has 8 nitrogen and oxygen atoms in total. The van der Waals surface area contributed by atoms with Crippen LogP contribution in [-0.4, -0.2) is 80.6 Å². The summed E-state index contributed by atoms with van der Waals surface area (Å²) in [6.45, 7) is 6.07. The van der Waals surface area contributed by atoms with E-state index < -0.39 is 0 Å². The summed E-state index contributed by atoms with van der Waals surface area (Å²) in [5, 5.41) is 9.83. The first-order valence-electron chi connectivity index (χ1n) is 11.7. The number of anilines is 1. The summed E-state index contributed by atoms with van der Waals surface area (Å²) >= 11 is 0. The monoisotopic (exact) mass is 469 g/mol. The normalized spacial score (nSPS) is 20.4. The number of carbonyl (C=O) groups is 1. The molecule has 0 radical (unpaired) electrons. The molecule has 4 rings (SSSR count). The van der Waals surface area contributed by atoms with Gasteiger partial charge in [0.15, 0.2) is 11.5 Å². The summed E-state index contributed by atoms with van der Waals surface area (Å²) in [4.78, 5) is 19.4. The highest BCUT2D eigenvalue weighted by Crippen LogP contribution is 2.34. The van der Waals surface area contributed by atoms with Crippen molar-refractivity contribution in [3.05, 3.63) is 47.5 Å². The van der Waals surface area contributed by atoms with E-state index in [0.717, 1.165) is 29.3 Å². The van der Waals surface area contributed by atoms with Crippen LogP contribution in [0.5, 0.6) is 17.2 Å². The van der Waals surface area contributed by atoms with Crippen LogP contribution in [0, 0.1) is 5.92 Å². The number of amides is 1. The molecule has 0 spiro atoms. The largest absolute Gasteiger partial charge is 0.488 e. The van der Waals surface area contributed by atoms with Gasteiger partial charge in [-0.2, -0.15) is 0 Å². The third kappa shape index (κ3) is 5.08. The van der Waals surface area contributed by atoms with Gasteiger partial charge in [-0.15, -0.1) is 0 Å². The average Bonchev–Trinajstić information content (AvgIpc) is 3.28. The Labute approximate surface area is 201 Å². The molecule has 0 fully saturated rings. The first kappa shape index (κ1) is 24.2. The van der Waals surface area contributed by atoms with Crippen molar-refractivity contribution in [3.8, 4) is 17.2 Å². The predicted octanol–water partition coefficient (Wildman–Crippen LogP) is 2.83. The summed E-state index contributed by atoms with van der Waals surface area (Å²) in [5.41, 5.74) is 2.59. The van der Waals surface area contributed by atoms with E-state index in [9.17, 15) is 9.90 Å². The van der Waals surface area contributed by atoms with E-state index in [-0.39, 0.29) is 37.4 Å². The molecule has 1 N–H and O–H groups in total. The minimum atomic E-state index is -0.282. The lowest BCUT2D eigenvalue weighted by atomic mass is 9.99. The Hall–Kier alpha value is -2.97. The molecular weight excluding hydrogens is 434 g/mol. The standard InChI is InChI=1S/C26H35N3O5/c1-17-12-29(18(2)15-30)26(31)21-11-20(27(3)4)7-9-22(21)34-25(17)14-28(5)13-19-6-8-23-24(10-19)33-16-32-23/h6-11,17-18,25,30H,12-16H2,1-5H3/t17-,18-,25-/m1/s1. The van der Waals surface area contributed by atoms with Crippen molar-refractivity contribution in [1.29, 1.82) is 0 Å². The van der Waals surface area contributed by atoms with Crippen LogP contribution in [0.3, 0.4) is 0 Å². The zero-order valence-electron chi connectivity index (χ0n) is 20.7. The number of nitrogens with zero attached hydrogens (tertiary/aromatic N) is 3. The second kappa shape index (κ2) is 10.1. The van der Waals surface area contributed by atoms with Gasteiger partial charge in [0, 0.05) is 45.3 Å². The lowest BCUT2D eigenvalue weighted by Crippen LogP contribution is -2.49. The summed E-state index contributed by atoms with van der Waals surface area (Å²) in [6, 6.07) is 11.4. The summed E-state index contributed by atoms with van der Waals surface area (Å²) < 4.78 is 17.4. The van der Waals surface area contributed by atoms with Gasteiger partial charge in [-0.25, -0.2) is 0 Å². The van der Waals surface area contributed by atoms with Crippen molar-refractivity contribution in [3.63, 3.8) is 0 Å². The van der Waals surface area contributed by atoms with E-state index in [2.05, 4.69) is 18.9 Å². The van der Waals surface area contributed by atoms with Gasteiger partial charge in [-0.05, 0) is 49.9 Å². The maximum Gasteiger partial charge on any atom is 0.258 e. The number of benzene rings is 2. The quantitative estimate of drug-likeness (QED) is 0.668. The van der Waals surface area contributed by atoms with Crippen molar-refractivity contribution in [2.24, 2.45) is 5.92 Å². The number of aliphatic hydroxyl groups is 1. The predicted molar refractivity (Wildman–Crippen MR) is 131 cm³/mol. The average molecular weight is 470 g/mol. The van der Waals surface area contributed by atoms with Crippen molar-refractivity contribution >= 4 is 11.6 Å². The van der Waals surface area contributed by atoms with E-state index in [1.807, 2.05) is 62.3 Å². The number of carbonyl (C=O) groups excluding carboxylic acids is 1. The molecule has 1 amide bonds. The summed E-state index contributed by atoms with van der Waals surface area (Å²) in [6.07, 6.45) is -0.135. The smallest absolute Gasteiger partial charge is 0.258 e. The third-order valence-electron chi connectivity index (χ3n) is 6.55. The molecule has 0 bridgehead atoms. The van der Waals surface area contributed by atoms with Gasteiger partial charge < -0.3 is 29.1 Å². The van der Waals surface area contributed by atoms with E-state index in [1.54, 1.807) is 4.90 Å². The van der Waals surface area contributed by atoms with E-state index in [0.29, 0.717) is 24.4 Å². The highest BCUT2D eigenvalue weighted by molar-refractivity contribution is 5.98. The van der Waals surface area contributed by atoms with Crippen molar-refractivity contribution in [2.45, 2.75) is 32.5 Å². The van der Waals surface area contributed by atoms with Crippen LogP contribution in [0.2, 0.25) is 0 Å². The first-order chi connectivity index (χ1) is 16.3. The number of likely N-dealkylation sites (N-methyl/N-ethyl adjacent to an activating group) is 1. The molecular formula is C26H35N3O5. The second-order valence-corrected chi connectivity index (χ2v) is 9.58. The first-order valence-corrected chi connectivity index (χ1v) is 11.7. The lowest BCUT2D eigenvalue weighted by molar-refractivity contribution is 0.0341. The number of rotatable bonds is 7. The van der Waals surface area contributed by atoms with Gasteiger partial charge in [-0.1, -0.05) is 13.0 Å². The molecule has 184 valence electrons. The molecule has 2 aromatic rings. The molecule has 0 saturated carbocycles. The Bertz CT molecular complexity index is 1030. The molecule has 2 aromatic carbocycles. The fourth-order valence-electron chi connectivity index (χ4n) is 4.43. The Morgan fingerprint density at radius 1 is 1.09 bits per heavy atom. The van der Waals surface area contributed by atoms with E-state index in [1.165, 1.54) is 0 Å². The van der Waals surface area contributed by atoms with Crippen LogP contribution in [-0.2, 0) is 6.54 Å². The van der Waals surface area contributed by atoms with Crippen LogP contribution >= 0.6 is 0 Å². The molecule has 2 aliphatic rings. The fourth-order valence-corrected chi connectivity index (χ4v) is 4.43. The summed E-state index contributed by atoms with van der Waals surface area (Å²) in [7, 11) is 5.95. The van der Waals surface area contributed by atoms with Gasteiger partial charge in [0.2, 0.25) is 6.79 Å². The Morgan fingerprint density at radius 3 is 2.56 bits per heavy atom. The highest BCUT2D eigenvalue weighted by atomic mass is 16.7. The molecule has 2 heterocycles. The number of ether oxygens (including phenoxy) is 3. The molecule has 8 heteroatoms. The second-order valence-electron chi connectivity index (χ2n) is 9.58. The molecule has 2 aliphatic heterocycles. The third-order valence-corrected chi connectivity index (χ3v) is 6.55. The number of hydrogen-bond acceptors (Lipinski definition) is 7. The SMILES string of the molecule is C[C@@H]1CN([C@H](C)CO)C(=O)c2cc(N(C)C)ccc2O[C@@H]1CN(C)Cc1ccc2c(c1)OCO2. The fraction of sp³-hybridized carbons (Fsp3) is 0.500. The van der Waals surface area contributed by atoms with Crippen molar-refractivity contribution in [2.75, 3.05) is 52.5 Å². The van der Waals surface area contributed by atoms with E-state index in [4.69, 9.17) is 14.2 Å². The van der Waals surface area contributed by atoms with Crippen LogP contribution in [0.15, 0.2) is 36.4 Å². The Kier molecular flexibility index (Phi) is 7.19. The van der Waals surface area contributed by atoms with Gasteiger partial charge >= 0.3 is 0 Å². The number of hydrogen-bond donors (Lipinski definition) is 1. The van der Waals surface area contributed by atoms with Gasteiger partial charge in [0.1, 0.15) is 11.9 Å². The van der Waals surface area contributed by atoms with Crippen molar-refractivity contribution in [1.82, 2.24) is 9.80 Å². The maximum atomic E-state index is 13.5. The van der Waals surface area contributed by atoms with E-state index >= 15 is 0 Å². The molecule has 0 unspecified atom stereocenters.